The van der Waals surface area contributed by atoms with Crippen molar-refractivity contribution in [3.05, 3.63) is 48.3 Å². The first-order chi connectivity index (χ1) is 15.2. The Hall–Kier alpha value is -2.14. The maximum Gasteiger partial charge on any atom is 0.225 e. The van der Waals surface area contributed by atoms with Gasteiger partial charge in [0.05, 0.1) is 7.11 Å². The molecule has 1 aliphatic heterocycles. The van der Waals surface area contributed by atoms with Gasteiger partial charge in [0.2, 0.25) is 5.95 Å². The molecule has 2 heterocycles. The molecule has 176 valence electrons. The SMILES string of the molecule is CCNC(=NCCCN1CCN(c2ncccn2)CC1)N(C)Cc1ccc(OC)cc1.I. The van der Waals surface area contributed by atoms with Gasteiger partial charge in [0.1, 0.15) is 5.75 Å². The van der Waals surface area contributed by atoms with Gasteiger partial charge in [-0.1, -0.05) is 12.1 Å². The van der Waals surface area contributed by atoms with Crippen molar-refractivity contribution in [2.45, 2.75) is 19.9 Å². The van der Waals surface area contributed by atoms with Crippen LogP contribution in [0.4, 0.5) is 5.95 Å². The third-order valence-electron chi connectivity index (χ3n) is 5.38. The van der Waals surface area contributed by atoms with E-state index in [1.54, 1.807) is 19.5 Å². The Morgan fingerprint density at radius 2 is 1.81 bits per heavy atom. The fraction of sp³-hybridized carbons (Fsp3) is 0.522. The standard InChI is InChI=1S/C23H35N7O.HI/c1-4-24-22(28(2)19-20-7-9-21(31-3)10-8-20)25-13-6-14-29-15-17-30(18-16-29)23-26-11-5-12-27-23;/h5,7-12H,4,6,13-19H2,1-3H3,(H,24,25);1H. The fourth-order valence-corrected chi connectivity index (χ4v) is 3.65. The highest BCUT2D eigenvalue weighted by Crippen LogP contribution is 2.13. The number of rotatable bonds is 9. The maximum atomic E-state index is 5.24. The van der Waals surface area contributed by atoms with Crippen LogP contribution in [0.1, 0.15) is 18.9 Å². The Labute approximate surface area is 209 Å². The summed E-state index contributed by atoms with van der Waals surface area (Å²) in [6.07, 6.45) is 4.66. The van der Waals surface area contributed by atoms with Crippen molar-refractivity contribution in [2.24, 2.45) is 4.99 Å². The minimum absolute atomic E-state index is 0. The second kappa shape index (κ2) is 14.1. The number of piperazine rings is 1. The number of aliphatic imine (C=N–C) groups is 1. The van der Waals surface area contributed by atoms with Crippen LogP contribution in [-0.4, -0.2) is 85.7 Å². The molecule has 2 aromatic rings. The third-order valence-corrected chi connectivity index (χ3v) is 5.38. The number of hydrogen-bond donors (Lipinski definition) is 1. The van der Waals surface area contributed by atoms with Gasteiger partial charge in [0.15, 0.2) is 5.96 Å². The van der Waals surface area contributed by atoms with Crippen LogP contribution in [0.5, 0.6) is 5.75 Å². The van der Waals surface area contributed by atoms with E-state index in [1.807, 2.05) is 18.2 Å². The summed E-state index contributed by atoms with van der Waals surface area (Å²) >= 11 is 0. The zero-order chi connectivity index (χ0) is 21.9. The Morgan fingerprint density at radius 1 is 1.12 bits per heavy atom. The van der Waals surface area contributed by atoms with E-state index < -0.39 is 0 Å². The minimum Gasteiger partial charge on any atom is -0.497 e. The molecule has 0 unspecified atom stereocenters. The Kier molecular flexibility index (Phi) is 11.5. The largest absolute Gasteiger partial charge is 0.497 e. The molecule has 1 fully saturated rings. The lowest BCUT2D eigenvalue weighted by molar-refractivity contribution is 0.255. The second-order valence-corrected chi connectivity index (χ2v) is 7.67. The van der Waals surface area contributed by atoms with Gasteiger partial charge < -0.3 is 19.9 Å². The van der Waals surface area contributed by atoms with Crippen LogP contribution in [0, 0.1) is 0 Å². The van der Waals surface area contributed by atoms with Gasteiger partial charge >= 0.3 is 0 Å². The lowest BCUT2D eigenvalue weighted by Gasteiger charge is -2.34. The molecule has 0 bridgehead atoms. The van der Waals surface area contributed by atoms with E-state index in [0.717, 1.165) is 76.4 Å². The molecule has 1 N–H and O–H groups in total. The highest BCUT2D eigenvalue weighted by Gasteiger charge is 2.18. The number of hydrogen-bond acceptors (Lipinski definition) is 6. The number of benzene rings is 1. The monoisotopic (exact) mass is 553 g/mol. The molecule has 0 atom stereocenters. The van der Waals surface area contributed by atoms with Crippen LogP contribution in [0.15, 0.2) is 47.7 Å². The zero-order valence-corrected chi connectivity index (χ0v) is 21.7. The van der Waals surface area contributed by atoms with Crippen LogP contribution < -0.4 is 15.0 Å². The van der Waals surface area contributed by atoms with Crippen molar-refractivity contribution >= 4 is 35.9 Å². The summed E-state index contributed by atoms with van der Waals surface area (Å²) in [6, 6.07) is 10.0. The molecular formula is C23H36IN7O. The molecule has 9 heteroatoms. The average Bonchev–Trinajstić information content (AvgIpc) is 2.82. The first-order valence-corrected chi connectivity index (χ1v) is 11.1. The number of guanidine groups is 1. The van der Waals surface area contributed by atoms with Crippen LogP contribution in [0.25, 0.3) is 0 Å². The first-order valence-electron chi connectivity index (χ1n) is 11.1. The predicted molar refractivity (Wildman–Crippen MR) is 141 cm³/mol. The van der Waals surface area contributed by atoms with E-state index in [-0.39, 0.29) is 24.0 Å². The summed E-state index contributed by atoms with van der Waals surface area (Å²) in [7, 11) is 3.77. The first kappa shape index (κ1) is 26.1. The molecule has 8 nitrogen and oxygen atoms in total. The van der Waals surface area contributed by atoms with Gasteiger partial charge in [-0.25, -0.2) is 9.97 Å². The Balaban J connectivity index is 0.00000363. The van der Waals surface area contributed by atoms with E-state index in [1.165, 1.54) is 5.56 Å². The number of ether oxygens (including phenoxy) is 1. The van der Waals surface area contributed by atoms with Crippen LogP contribution >= 0.6 is 24.0 Å². The Morgan fingerprint density at radius 3 is 2.44 bits per heavy atom. The van der Waals surface area contributed by atoms with Crippen LogP contribution in [0.2, 0.25) is 0 Å². The number of halogens is 1. The highest BCUT2D eigenvalue weighted by atomic mass is 127. The quantitative estimate of drug-likeness (QED) is 0.222. The predicted octanol–water partition coefficient (Wildman–Crippen LogP) is 2.71. The van der Waals surface area contributed by atoms with Crippen molar-refractivity contribution in [3.63, 3.8) is 0 Å². The van der Waals surface area contributed by atoms with Crippen molar-refractivity contribution in [1.82, 2.24) is 25.1 Å². The zero-order valence-electron chi connectivity index (χ0n) is 19.4. The third kappa shape index (κ3) is 8.09. The van der Waals surface area contributed by atoms with E-state index >= 15 is 0 Å². The molecule has 1 saturated heterocycles. The molecule has 0 spiro atoms. The van der Waals surface area contributed by atoms with Crippen molar-refractivity contribution in [1.29, 1.82) is 0 Å². The van der Waals surface area contributed by atoms with Gasteiger partial charge in [-0.3, -0.25) is 9.89 Å². The van der Waals surface area contributed by atoms with E-state index in [9.17, 15) is 0 Å². The molecule has 0 saturated carbocycles. The van der Waals surface area contributed by atoms with Gasteiger partial charge in [-0.15, -0.1) is 24.0 Å². The average molecular weight is 553 g/mol. The Bertz CT molecular complexity index is 796. The second-order valence-electron chi connectivity index (χ2n) is 7.67. The molecule has 1 aromatic heterocycles. The van der Waals surface area contributed by atoms with Gasteiger partial charge in [0.25, 0.3) is 0 Å². The molecular weight excluding hydrogens is 517 g/mol. The molecule has 0 aliphatic carbocycles. The van der Waals surface area contributed by atoms with Gasteiger partial charge in [0, 0.05) is 71.8 Å². The van der Waals surface area contributed by atoms with Crippen molar-refractivity contribution < 1.29 is 4.74 Å². The smallest absolute Gasteiger partial charge is 0.225 e. The number of nitrogens with zero attached hydrogens (tertiary/aromatic N) is 6. The van der Waals surface area contributed by atoms with Crippen molar-refractivity contribution in [2.75, 3.05) is 64.9 Å². The van der Waals surface area contributed by atoms with Crippen LogP contribution in [-0.2, 0) is 6.54 Å². The summed E-state index contributed by atoms with van der Waals surface area (Å²) in [6.45, 7) is 9.67. The number of methoxy groups -OCH3 is 1. The minimum atomic E-state index is 0. The molecule has 1 aromatic carbocycles. The highest BCUT2D eigenvalue weighted by molar-refractivity contribution is 14.0. The molecule has 1 aliphatic rings. The lowest BCUT2D eigenvalue weighted by Crippen LogP contribution is -2.47. The van der Waals surface area contributed by atoms with Gasteiger partial charge in [-0.2, -0.15) is 0 Å². The normalized spacial score (nSPS) is 14.6. The number of anilines is 1. The maximum absolute atomic E-state index is 5.24. The summed E-state index contributed by atoms with van der Waals surface area (Å²) in [5, 5.41) is 3.40. The summed E-state index contributed by atoms with van der Waals surface area (Å²) in [5.41, 5.74) is 1.23. The van der Waals surface area contributed by atoms with Gasteiger partial charge in [-0.05, 0) is 37.1 Å². The molecule has 32 heavy (non-hydrogen) atoms. The summed E-state index contributed by atoms with van der Waals surface area (Å²) in [5.74, 6) is 2.66. The van der Waals surface area contributed by atoms with Crippen LogP contribution in [0.3, 0.4) is 0 Å². The topological polar surface area (TPSA) is 69.1 Å². The van der Waals surface area contributed by atoms with E-state index in [0.29, 0.717) is 0 Å². The molecule has 0 radical (unpaired) electrons. The fourth-order valence-electron chi connectivity index (χ4n) is 3.65. The van der Waals surface area contributed by atoms with Crippen molar-refractivity contribution in [3.8, 4) is 5.75 Å². The number of aromatic nitrogens is 2. The number of nitrogens with one attached hydrogen (secondary N) is 1. The molecule has 0 amide bonds. The van der Waals surface area contributed by atoms with E-state index in [2.05, 4.69) is 56.1 Å². The lowest BCUT2D eigenvalue weighted by atomic mass is 10.2. The summed E-state index contributed by atoms with van der Waals surface area (Å²) < 4.78 is 5.24. The summed E-state index contributed by atoms with van der Waals surface area (Å²) in [4.78, 5) is 20.5. The van der Waals surface area contributed by atoms with E-state index in [4.69, 9.17) is 9.73 Å². The molecule has 3 rings (SSSR count).